The number of aliphatic hydroxyl groups excluding tert-OH is 1. The van der Waals surface area contributed by atoms with E-state index in [4.69, 9.17) is 4.74 Å². The van der Waals surface area contributed by atoms with Crippen LogP contribution in [0.5, 0.6) is 11.5 Å². The Morgan fingerprint density at radius 3 is 2.21 bits per heavy atom. The second kappa shape index (κ2) is 8.43. The van der Waals surface area contributed by atoms with Crippen LogP contribution in [-0.4, -0.2) is 29.0 Å². The van der Waals surface area contributed by atoms with Crippen molar-refractivity contribution < 1.29 is 28.9 Å². The van der Waals surface area contributed by atoms with Crippen molar-refractivity contribution in [3.8, 4) is 11.5 Å². The number of hydrogen-bond donors (Lipinski definition) is 2. The first kappa shape index (κ1) is 22.1. The molecule has 0 aliphatic carbocycles. The van der Waals surface area contributed by atoms with E-state index in [1.807, 2.05) is 6.92 Å². The summed E-state index contributed by atoms with van der Waals surface area (Å²) < 4.78 is 18.9. The number of nitrogens with zero attached hydrogens (tertiary/aromatic N) is 1. The zero-order chi connectivity index (χ0) is 23.9. The molecule has 0 spiro atoms. The molecule has 2 N–H and O–H groups in total. The smallest absolute Gasteiger partial charge is 0.300 e. The Morgan fingerprint density at radius 2 is 1.61 bits per heavy atom. The number of Topliss-reactive ketones (excluding diaryl/α,β-unsaturated/α-hetero) is 1. The van der Waals surface area contributed by atoms with E-state index in [0.717, 1.165) is 5.56 Å². The first-order valence-corrected chi connectivity index (χ1v) is 10.2. The minimum Gasteiger partial charge on any atom is -0.508 e. The van der Waals surface area contributed by atoms with Gasteiger partial charge in [-0.1, -0.05) is 12.1 Å². The molecule has 1 aliphatic heterocycles. The van der Waals surface area contributed by atoms with Crippen molar-refractivity contribution >= 4 is 23.1 Å². The summed E-state index contributed by atoms with van der Waals surface area (Å²) >= 11 is 0. The zero-order valence-corrected chi connectivity index (χ0v) is 18.3. The summed E-state index contributed by atoms with van der Waals surface area (Å²) in [4.78, 5) is 27.5. The molecule has 0 bridgehead atoms. The largest absolute Gasteiger partial charge is 0.508 e. The highest BCUT2D eigenvalue weighted by molar-refractivity contribution is 6.51. The van der Waals surface area contributed by atoms with E-state index < -0.39 is 23.5 Å². The first-order chi connectivity index (χ1) is 15.7. The van der Waals surface area contributed by atoms with Crippen LogP contribution in [0.3, 0.4) is 0 Å². The Morgan fingerprint density at radius 1 is 0.970 bits per heavy atom. The predicted molar refractivity (Wildman–Crippen MR) is 122 cm³/mol. The van der Waals surface area contributed by atoms with Gasteiger partial charge in [0.1, 0.15) is 23.1 Å². The quantitative estimate of drug-likeness (QED) is 0.341. The number of anilines is 1. The molecule has 1 heterocycles. The molecule has 0 saturated carbocycles. The monoisotopic (exact) mass is 447 g/mol. The molecule has 0 aromatic heterocycles. The maximum Gasteiger partial charge on any atom is 0.300 e. The van der Waals surface area contributed by atoms with E-state index in [0.29, 0.717) is 28.1 Å². The van der Waals surface area contributed by atoms with Crippen LogP contribution in [-0.2, 0) is 9.59 Å². The predicted octanol–water partition coefficient (Wildman–Crippen LogP) is 4.78. The van der Waals surface area contributed by atoms with Gasteiger partial charge in [0.2, 0.25) is 0 Å². The van der Waals surface area contributed by atoms with Gasteiger partial charge in [-0.25, -0.2) is 4.39 Å². The number of benzene rings is 3. The molecule has 7 heteroatoms. The third-order valence-electron chi connectivity index (χ3n) is 5.76. The van der Waals surface area contributed by atoms with Crippen molar-refractivity contribution in [3.05, 3.63) is 94.3 Å². The fourth-order valence-electron chi connectivity index (χ4n) is 4.08. The van der Waals surface area contributed by atoms with Gasteiger partial charge >= 0.3 is 0 Å². The lowest BCUT2D eigenvalue weighted by Gasteiger charge is -2.25. The fourth-order valence-corrected chi connectivity index (χ4v) is 4.08. The molecule has 168 valence electrons. The third kappa shape index (κ3) is 3.82. The molecule has 1 amide bonds. The van der Waals surface area contributed by atoms with Crippen LogP contribution >= 0.6 is 0 Å². The normalized spacial score (nSPS) is 17.5. The van der Waals surface area contributed by atoms with Gasteiger partial charge in [0.15, 0.2) is 0 Å². The molecule has 1 atom stereocenters. The summed E-state index contributed by atoms with van der Waals surface area (Å²) in [6.45, 7) is 3.58. The Balaban J connectivity index is 1.96. The standard InChI is InChI=1S/C26H22FNO5/c1-14-13-21(33-3)15(2)12-20(14)24(30)22-23(16-4-10-19(29)11-5-16)28(26(32)25(22)31)18-8-6-17(27)7-9-18/h4-13,23,29-30H,1-3H3/b24-22+. The number of amides is 1. The maximum absolute atomic E-state index is 13.5. The fraction of sp³-hybridized carbons (Fsp3) is 0.154. The minimum absolute atomic E-state index is 0.0131. The second-order valence-electron chi connectivity index (χ2n) is 7.87. The molecule has 1 aliphatic rings. The van der Waals surface area contributed by atoms with E-state index in [9.17, 15) is 24.2 Å². The van der Waals surface area contributed by atoms with Crippen LogP contribution in [0.2, 0.25) is 0 Å². The highest BCUT2D eigenvalue weighted by Gasteiger charge is 2.47. The molecule has 0 radical (unpaired) electrons. The summed E-state index contributed by atoms with van der Waals surface area (Å²) in [5, 5.41) is 21.0. The van der Waals surface area contributed by atoms with Gasteiger partial charge in [0.05, 0.1) is 18.7 Å². The number of ether oxygens (including phenoxy) is 1. The van der Waals surface area contributed by atoms with Crippen LogP contribution < -0.4 is 9.64 Å². The summed E-state index contributed by atoms with van der Waals surface area (Å²) in [5.41, 5.74) is 2.52. The van der Waals surface area contributed by atoms with Gasteiger partial charge in [-0.05, 0) is 79.1 Å². The Labute approximate surface area is 190 Å². The zero-order valence-electron chi connectivity index (χ0n) is 18.3. The highest BCUT2D eigenvalue weighted by atomic mass is 19.1. The molecule has 6 nitrogen and oxygen atoms in total. The van der Waals surface area contributed by atoms with Gasteiger partial charge in [0.25, 0.3) is 11.7 Å². The molecule has 1 saturated heterocycles. The SMILES string of the molecule is COc1cc(C)c(/C(O)=C2\C(=O)C(=O)N(c3ccc(F)cc3)C2c2ccc(O)cc2)cc1C. The van der Waals surface area contributed by atoms with Gasteiger partial charge in [-0.2, -0.15) is 0 Å². The lowest BCUT2D eigenvalue weighted by Crippen LogP contribution is -2.29. The number of rotatable bonds is 4. The minimum atomic E-state index is -0.974. The van der Waals surface area contributed by atoms with Crippen molar-refractivity contribution in [2.45, 2.75) is 19.9 Å². The summed E-state index contributed by atoms with van der Waals surface area (Å²) in [6, 6.07) is 13.7. The van der Waals surface area contributed by atoms with Crippen LogP contribution in [0.4, 0.5) is 10.1 Å². The average Bonchev–Trinajstić information content (AvgIpc) is 3.06. The number of aryl methyl sites for hydroxylation is 2. The number of aliphatic hydroxyl groups is 1. The Bertz CT molecular complexity index is 1280. The number of carbonyl (C=O) groups is 2. The number of ketones is 1. The summed E-state index contributed by atoms with van der Waals surface area (Å²) in [7, 11) is 1.54. The van der Waals surface area contributed by atoms with Crippen molar-refractivity contribution in [3.63, 3.8) is 0 Å². The number of hydrogen-bond acceptors (Lipinski definition) is 5. The summed E-state index contributed by atoms with van der Waals surface area (Å²) in [6.07, 6.45) is 0. The second-order valence-corrected chi connectivity index (χ2v) is 7.87. The molecule has 3 aromatic rings. The summed E-state index contributed by atoms with van der Waals surface area (Å²) in [5.74, 6) is -1.86. The maximum atomic E-state index is 13.5. The van der Waals surface area contributed by atoms with Gasteiger partial charge in [-0.15, -0.1) is 0 Å². The van der Waals surface area contributed by atoms with Gasteiger partial charge < -0.3 is 14.9 Å². The van der Waals surface area contributed by atoms with E-state index >= 15 is 0 Å². The van der Waals surface area contributed by atoms with Crippen molar-refractivity contribution in [2.24, 2.45) is 0 Å². The van der Waals surface area contributed by atoms with Crippen LogP contribution in [0.25, 0.3) is 5.76 Å². The highest BCUT2D eigenvalue weighted by Crippen LogP contribution is 2.43. The molecule has 33 heavy (non-hydrogen) atoms. The van der Waals surface area contributed by atoms with Crippen LogP contribution in [0.1, 0.15) is 28.3 Å². The first-order valence-electron chi connectivity index (χ1n) is 10.2. The van der Waals surface area contributed by atoms with Gasteiger partial charge in [0, 0.05) is 11.3 Å². The number of phenols is 1. The van der Waals surface area contributed by atoms with Crippen molar-refractivity contribution in [1.82, 2.24) is 0 Å². The molecular formula is C26H22FNO5. The number of methoxy groups -OCH3 is 1. The number of phenolic OH excluding ortho intramolecular Hbond substituents is 1. The molecule has 1 unspecified atom stereocenters. The van der Waals surface area contributed by atoms with E-state index in [1.54, 1.807) is 38.3 Å². The molecule has 3 aromatic carbocycles. The van der Waals surface area contributed by atoms with Gasteiger partial charge in [-0.3, -0.25) is 14.5 Å². The topological polar surface area (TPSA) is 87.1 Å². The molecule has 4 rings (SSSR count). The molecule has 1 fully saturated rings. The van der Waals surface area contributed by atoms with E-state index in [1.165, 1.54) is 41.3 Å². The average molecular weight is 447 g/mol. The van der Waals surface area contributed by atoms with E-state index in [2.05, 4.69) is 0 Å². The van der Waals surface area contributed by atoms with Crippen molar-refractivity contribution in [1.29, 1.82) is 0 Å². The number of carbonyl (C=O) groups excluding carboxylic acids is 2. The molecular weight excluding hydrogens is 425 g/mol. The Hall–Kier alpha value is -4.13. The number of halogens is 1. The van der Waals surface area contributed by atoms with Crippen LogP contribution in [0.15, 0.2) is 66.2 Å². The lowest BCUT2D eigenvalue weighted by atomic mass is 9.93. The lowest BCUT2D eigenvalue weighted by molar-refractivity contribution is -0.132. The number of aromatic hydroxyl groups is 1. The van der Waals surface area contributed by atoms with Crippen molar-refractivity contribution in [2.75, 3.05) is 12.0 Å². The Kier molecular flexibility index (Phi) is 5.64. The van der Waals surface area contributed by atoms with Crippen LogP contribution in [0, 0.1) is 19.7 Å². The third-order valence-corrected chi connectivity index (χ3v) is 5.76. The van der Waals surface area contributed by atoms with E-state index in [-0.39, 0.29) is 17.1 Å².